The summed E-state index contributed by atoms with van der Waals surface area (Å²) in [7, 11) is 1.57. The van der Waals surface area contributed by atoms with Crippen molar-refractivity contribution in [2.75, 3.05) is 5.73 Å². The van der Waals surface area contributed by atoms with E-state index in [1.165, 1.54) is 0 Å². The monoisotopic (exact) mass is 402 g/mol. The fourth-order valence-electron chi connectivity index (χ4n) is 1.27. The van der Waals surface area contributed by atoms with Gasteiger partial charge in [-0.25, -0.2) is 0 Å². The van der Waals surface area contributed by atoms with Crippen molar-refractivity contribution >= 4 is 74.4 Å². The Kier molecular flexibility index (Phi) is 3.21. The van der Waals surface area contributed by atoms with E-state index < -0.39 is 0 Å². The Morgan fingerprint density at radius 1 is 1.50 bits per heavy atom. The number of nitrogens with zero attached hydrogens (tertiary/aromatic N) is 1. The molecule has 0 atom stereocenters. The van der Waals surface area contributed by atoms with E-state index in [9.17, 15) is 0 Å². The van der Waals surface area contributed by atoms with Crippen LogP contribution in [0.2, 0.25) is 5.02 Å². The van der Waals surface area contributed by atoms with Gasteiger partial charge in [-0.05, 0) is 28.1 Å². The molecule has 0 fully saturated rings. The Hall–Kier alpha value is 0.410. The quantitative estimate of drug-likeness (QED) is 0.712. The fourth-order valence-corrected chi connectivity index (χ4v) is 3.13. The van der Waals surface area contributed by atoms with E-state index >= 15 is 0 Å². The van der Waals surface area contributed by atoms with E-state index in [2.05, 4.69) is 37.1 Å². The van der Waals surface area contributed by atoms with Crippen LogP contribution in [0.5, 0.6) is 0 Å². The highest BCUT2D eigenvalue weighted by Gasteiger charge is 2.08. The lowest BCUT2D eigenvalue weighted by Crippen LogP contribution is -1.80. The van der Waals surface area contributed by atoms with Crippen molar-refractivity contribution in [2.24, 2.45) is 0 Å². The van der Waals surface area contributed by atoms with E-state index in [4.69, 9.17) is 17.3 Å². The van der Waals surface area contributed by atoms with Gasteiger partial charge >= 0.3 is 0 Å². The summed E-state index contributed by atoms with van der Waals surface area (Å²) in [5.41, 5.74) is 7.67. The Morgan fingerprint density at radius 2 is 2.21 bits per heavy atom. The van der Waals surface area contributed by atoms with Gasteiger partial charge in [0.2, 0.25) is 0 Å². The summed E-state index contributed by atoms with van der Waals surface area (Å²) >= 11 is 11.6. The van der Waals surface area contributed by atoms with Crippen molar-refractivity contribution in [1.29, 1.82) is 0 Å². The third kappa shape index (κ3) is 1.75. The van der Waals surface area contributed by atoms with E-state index in [0.29, 0.717) is 5.02 Å². The maximum Gasteiger partial charge on any atom is 0.0635 e. The summed E-state index contributed by atoms with van der Waals surface area (Å²) in [6.07, 6.45) is 1.89. The van der Waals surface area contributed by atoms with Crippen LogP contribution in [-0.4, -0.2) is 3.97 Å². The predicted molar refractivity (Wildman–Crippen MR) is 76.1 cm³/mol. The zero-order chi connectivity index (χ0) is 10.3. The molecule has 6 heteroatoms. The van der Waals surface area contributed by atoms with Crippen LogP contribution in [-0.2, 0) is 0 Å². The Morgan fingerprint density at radius 3 is 2.86 bits per heavy atom. The van der Waals surface area contributed by atoms with Gasteiger partial charge in [-0.3, -0.25) is 3.97 Å². The first kappa shape index (κ1) is 10.9. The number of benzene rings is 1. The maximum absolute atomic E-state index is 6.01. The second-order valence-electron chi connectivity index (χ2n) is 2.76. The number of fused-ring (bicyclic) bond motifs is 1. The Labute approximate surface area is 111 Å². The van der Waals surface area contributed by atoms with Crippen LogP contribution in [0.25, 0.3) is 10.9 Å². The summed E-state index contributed by atoms with van der Waals surface area (Å²) in [5, 5.41) is 1.72. The van der Waals surface area contributed by atoms with Crippen molar-refractivity contribution in [2.45, 2.75) is 0 Å². The molecule has 1 aromatic carbocycles. The largest absolute Gasteiger partial charge is 0.397 e. The summed E-state index contributed by atoms with van der Waals surface area (Å²) in [6.45, 7) is 0. The first-order valence-electron chi connectivity index (χ1n) is 3.68. The number of rotatable bonds is 1. The van der Waals surface area contributed by atoms with Gasteiger partial charge in [-0.1, -0.05) is 11.6 Å². The van der Waals surface area contributed by atoms with Crippen LogP contribution < -0.4 is 5.73 Å². The molecule has 2 N–H and O–H groups in total. The molecule has 1 heterocycles. The minimum absolute atomic E-state index is 0.697. The lowest BCUT2D eigenvalue weighted by molar-refractivity contribution is 1.37. The molecule has 0 saturated heterocycles. The summed E-state index contributed by atoms with van der Waals surface area (Å²) in [4.78, 5) is 0. The van der Waals surface area contributed by atoms with Crippen molar-refractivity contribution in [3.8, 4) is 0 Å². The lowest BCUT2D eigenvalue weighted by Gasteiger charge is -2.00. The van der Waals surface area contributed by atoms with Gasteiger partial charge in [0.25, 0.3) is 0 Å². The second kappa shape index (κ2) is 4.11. The van der Waals surface area contributed by atoms with Gasteiger partial charge < -0.3 is 5.73 Å². The van der Waals surface area contributed by atoms with E-state index in [-0.39, 0.29) is 0 Å². The minimum atomic E-state index is 0.697. The number of nitrogen functional groups attached to an aromatic ring is 1. The van der Waals surface area contributed by atoms with Crippen LogP contribution in [0, 0.1) is 0 Å². The van der Waals surface area contributed by atoms with Gasteiger partial charge in [0, 0.05) is 46.4 Å². The molecular weight excluding hydrogens is 398 g/mol. The highest BCUT2D eigenvalue weighted by atomic mass is 127. The molecule has 1 aromatic heterocycles. The third-order valence-corrected chi connectivity index (χ3v) is 4.84. The van der Waals surface area contributed by atoms with E-state index in [1.54, 1.807) is 9.12 Å². The molecule has 2 aromatic rings. The third-order valence-electron chi connectivity index (χ3n) is 1.92. The summed E-state index contributed by atoms with van der Waals surface area (Å²) < 4.78 is 2.86. The second-order valence-corrected chi connectivity index (χ2v) is 5.74. The van der Waals surface area contributed by atoms with Gasteiger partial charge in [0.05, 0.1) is 16.2 Å². The maximum atomic E-state index is 6.01. The number of hydrogen-bond acceptors (Lipinski definition) is 2. The smallest absolute Gasteiger partial charge is 0.0635 e. The molecule has 14 heavy (non-hydrogen) atoms. The zero-order valence-corrected chi connectivity index (χ0v) is 12.1. The lowest BCUT2D eigenvalue weighted by atomic mass is 10.2. The molecule has 0 spiro atoms. The molecule has 0 amide bonds. The zero-order valence-electron chi connectivity index (χ0n) is 6.80. The molecule has 74 valence electrons. The standard InChI is InChI=1S/C8H5BrClIN2S/c9-5-1-4-7(12)3-13(14-11)8(4)2-6(5)10/h1-3H,12H2. The Bertz CT molecular complexity index is 500. The van der Waals surface area contributed by atoms with Crippen molar-refractivity contribution in [1.82, 2.24) is 3.97 Å². The number of anilines is 1. The molecule has 0 aliphatic rings. The molecule has 0 unspecified atom stereocenters. The fraction of sp³-hybridized carbons (Fsp3) is 0. The van der Waals surface area contributed by atoms with E-state index in [0.717, 1.165) is 21.1 Å². The highest BCUT2D eigenvalue weighted by Crippen LogP contribution is 2.35. The van der Waals surface area contributed by atoms with Crippen molar-refractivity contribution in [3.05, 3.63) is 27.8 Å². The molecule has 0 aliphatic carbocycles. The number of hydrogen-bond donors (Lipinski definition) is 1. The summed E-state index contributed by atoms with van der Waals surface area (Å²) in [5.74, 6) is 0. The SMILES string of the molecule is Nc1cn(SI)c2cc(Cl)c(Br)cc12. The average molecular weight is 403 g/mol. The molecule has 2 rings (SSSR count). The van der Waals surface area contributed by atoms with Crippen molar-refractivity contribution in [3.63, 3.8) is 0 Å². The normalized spacial score (nSPS) is 11.1. The van der Waals surface area contributed by atoms with Crippen LogP contribution in [0.15, 0.2) is 22.8 Å². The van der Waals surface area contributed by atoms with Crippen LogP contribution in [0.4, 0.5) is 5.69 Å². The number of aromatic nitrogens is 1. The van der Waals surface area contributed by atoms with Gasteiger partial charge in [0.15, 0.2) is 0 Å². The molecular formula is C8H5BrClIN2S. The molecule has 0 aliphatic heterocycles. The number of nitrogens with two attached hydrogens (primary N) is 1. The molecule has 0 radical (unpaired) electrons. The van der Waals surface area contributed by atoms with Gasteiger partial charge in [-0.15, -0.1) is 0 Å². The topological polar surface area (TPSA) is 30.9 Å². The van der Waals surface area contributed by atoms with Gasteiger partial charge in [0.1, 0.15) is 0 Å². The molecule has 2 nitrogen and oxygen atoms in total. The highest BCUT2D eigenvalue weighted by molar-refractivity contribution is 14.2. The Balaban J connectivity index is 2.84. The van der Waals surface area contributed by atoms with Crippen molar-refractivity contribution < 1.29 is 0 Å². The first-order valence-corrected chi connectivity index (χ1v) is 8.17. The van der Waals surface area contributed by atoms with Crippen LogP contribution in [0.1, 0.15) is 0 Å². The number of halogens is 3. The summed E-state index contributed by atoms with van der Waals surface area (Å²) in [6, 6.07) is 3.85. The molecule has 0 bridgehead atoms. The van der Waals surface area contributed by atoms with Crippen LogP contribution >= 0.6 is 57.9 Å². The first-order chi connectivity index (χ1) is 6.63. The van der Waals surface area contributed by atoms with E-state index in [1.807, 2.05) is 22.3 Å². The predicted octanol–water partition coefficient (Wildman–Crippen LogP) is 4.49. The van der Waals surface area contributed by atoms with Gasteiger partial charge in [-0.2, -0.15) is 0 Å². The minimum Gasteiger partial charge on any atom is -0.397 e. The molecule has 0 saturated carbocycles. The van der Waals surface area contributed by atoms with Crippen LogP contribution in [0.3, 0.4) is 0 Å². The average Bonchev–Trinajstić information content (AvgIpc) is 2.45.